The number of nitrogens with one attached hydrogen (secondary N) is 6. The van der Waals surface area contributed by atoms with E-state index in [1.54, 1.807) is 0 Å². The largest absolute Gasteiger partial charge is 0.819 e. The van der Waals surface area contributed by atoms with Crippen LogP contribution >= 0.6 is 78.6 Å². The molecule has 22 N–H and O–H groups in total. The van der Waals surface area contributed by atoms with Crippen LogP contribution in [0.25, 0.3) is 0 Å². The van der Waals surface area contributed by atoms with Gasteiger partial charge in [-0.25, -0.2) is 33.1 Å². The van der Waals surface area contributed by atoms with Gasteiger partial charge >= 0.3 is 34.1 Å². The molecule has 6 saturated heterocycles. The summed E-state index contributed by atoms with van der Waals surface area (Å²) < 4.78 is 146. The lowest BCUT2D eigenvalue weighted by Crippen LogP contribution is -2.37. The number of hydrogen-bond donors (Lipinski definition) is 22. The first-order valence-corrected chi connectivity index (χ1v) is 61.7. The number of H-pyrrole nitrogens is 6. The van der Waals surface area contributed by atoms with Crippen molar-refractivity contribution in [3.8, 4) is 0 Å². The summed E-state index contributed by atoms with van der Waals surface area (Å²) in [5.74, 6) is 0. The fourth-order valence-electron chi connectivity index (χ4n) is 11.8. The maximum atomic E-state index is 12.4. The molecule has 844 valence electrons. The van der Waals surface area contributed by atoms with E-state index in [4.69, 9.17) is 139 Å². The second kappa shape index (κ2) is 55.6. The minimum atomic E-state index is -6.04. The van der Waals surface area contributed by atoms with Crippen molar-refractivity contribution in [3.63, 3.8) is 0 Å². The number of aromatic nitrogens is 12. The average Bonchev–Trinajstić information content (AvgIpc) is 1.64. The van der Waals surface area contributed by atoms with Gasteiger partial charge in [0.1, 0.15) is 110 Å². The lowest BCUT2D eigenvalue weighted by atomic mass is 10.1. The van der Waals surface area contributed by atoms with Crippen molar-refractivity contribution in [2.75, 3.05) is 39.6 Å². The number of aliphatic hydroxyl groups excluding tert-OH is 13. The van der Waals surface area contributed by atoms with Crippen LogP contribution in [0, 0.1) is 0 Å². The van der Waals surface area contributed by atoms with Crippen LogP contribution in [-0.4, -0.2) is 288 Å². The normalized spacial score (nSPS) is 29.4. The Hall–Kier alpha value is -4.46. The topological polar surface area (TPSA) is 1230 Å². The van der Waals surface area contributed by atoms with Gasteiger partial charge in [0.15, 0.2) is 37.4 Å². The highest BCUT2D eigenvalue weighted by Gasteiger charge is 2.50. The SMILES string of the molecule is O=P([O-])([O-])O.O=P([O-])([O-])O.O=P([O-])([O-])OP(=O)([O-])O.O=c1ccn([C@@H]2O[C@H](CO)[C@H](O)C2O)c(=O)[nH]1.O=c1ccn([C@@H]2O[C@H](COP(=O)([O-])[O-])[C@H](O)C2O)c(=O)[nH]1.O=c1ccn([C@@H]2O[C@H](COP(=S)([S-])OP(=O)([O-])OP(=O)([O-])OP(=S)([S-])OC[C@H]3O[C@@H](n4ccc(=O)[nH]c4=O)[C@@H](O)C3O)[C@H](O)C2O)c(=O)[nH]1.O=c1ccn([C@@H]2O[C@H](COP([O-])(=S)[S-])[C@H](O)C2O)c(=O)[nH]1.O=c1ccn([C@@H]2O[C@H](COP([O-])([O-])=S)[C@H](O)C2O)c(=O)[nH]1. The summed E-state index contributed by atoms with van der Waals surface area (Å²) in [7, 11) is -38.7. The van der Waals surface area contributed by atoms with Gasteiger partial charge in [-0.15, -0.1) is 29.3 Å². The Morgan fingerprint density at radius 1 is 0.291 bits per heavy atom. The predicted octanol–water partition coefficient (Wildman–Crippen LogP) is -24.6. The van der Waals surface area contributed by atoms with Gasteiger partial charge in [-0.2, -0.15) is 0 Å². The molecule has 6 aliphatic heterocycles. The Morgan fingerprint density at radius 3 is 0.642 bits per heavy atom. The number of phosphoric acid groups is 7. The van der Waals surface area contributed by atoms with E-state index in [-0.39, 0.29) is 0 Å². The Morgan fingerprint density at radius 2 is 0.480 bits per heavy atom. The van der Waals surface area contributed by atoms with Crippen molar-refractivity contribution in [1.29, 1.82) is 0 Å². The standard InChI is InChI=1S/C18H26N4O19P4S4.C9H13N2O9P.C9H13N2O8PS.C9H13N2O7PS2.C9H12N2O6.H4O7P2.2H3O4P/c23-9-1-3-21(17(29)19-9)15-13(27)11(25)7(37-15)5-35-44(46,47)40-42(31,32)39-43(33,34)41-45(48,49)36-6-8-12(26)14(28)16(38-8)22-4-2-10(24)20-18(22)30;12-5-1-2-11(9(15)10-5)8-7(14)6(13)4(20-8)3-19-21(16,17)18;12-5-1-2-11(9(15)10-5)8-7(14)6(13)4(19-8)3-18-20(16,17)21;12-5-1-2-11(9(15)10-5)8-7(14)6(13)4(18-8)3-17-19(16,20)21;12-3-4-6(14)7(15)8(17-4)11-2-1-5(13)10-9(11)16;1-8(2,3)7-9(4,5)6;2*1-5(2,3)4/h1-4,7-8,11-16,25-28H,5-6H2,(H,31,32)(H,33,34)(H,46,47)(H,48,49)(H,19,23,29)(H,20,24,30);1-2,4,6-8,13-14H,3H2,(H,10,12,15)(H2,16,17,18);1-2,4,6-8,13-14H,3H2,(H,10,12,15)(H2,16,17,21);1-2,4,6-8,13-14H,3H2,(H,10,12,15)(H2,16,20,21);1-2,4,6-8,12,14-15H,3H2,(H,10,13,16);(H2,1,2,3)(H2,4,5,6);2*(H3,1,2,3,4)/p-17/t7-,8-,11+,12?,13?,14+,15-,16-;4*4-,6+,7?,8-;;;/m11111.../s1. The quantitative estimate of drug-likeness (QED) is 0.0147. The van der Waals surface area contributed by atoms with Crippen molar-refractivity contribution in [2.45, 2.75) is 147 Å². The fraction of sp³-hybridized carbons (Fsp3) is 0.556. The second-order valence-corrected chi connectivity index (χ2v) is 54.3. The first-order chi connectivity index (χ1) is 67.3. The minimum absolute atomic E-state index is 0.392. The number of rotatable bonds is 30. The van der Waals surface area contributed by atoms with Crippen LogP contribution in [0.1, 0.15) is 37.4 Å². The Labute approximate surface area is 850 Å². The highest BCUT2D eigenvalue weighted by atomic mass is 32.9. The molecule has 6 fully saturated rings. The average molecular weight is 2480 g/mol. The van der Waals surface area contributed by atoms with Gasteiger partial charge in [0, 0.05) is 73.6 Å². The zero-order chi connectivity index (χ0) is 113. The second-order valence-electron chi connectivity index (χ2n) is 28.4. The summed E-state index contributed by atoms with van der Waals surface area (Å²) in [5.41, 5.74) is -21.7. The minimum Gasteiger partial charge on any atom is -0.819 e. The molecule has 12 heterocycles. The fourth-order valence-corrected chi connectivity index (χ4v) is 22.7. The number of aliphatic hydroxyl groups is 13. The molecule has 0 radical (unpaired) electrons. The molecule has 6 aromatic heterocycles. The Bertz CT molecular complexity index is 6400. The van der Waals surface area contributed by atoms with E-state index >= 15 is 0 Å². The maximum absolute atomic E-state index is 12.4. The summed E-state index contributed by atoms with van der Waals surface area (Å²) in [6.45, 7) is -8.40. The third-order valence-electron chi connectivity index (χ3n) is 17.7. The third-order valence-corrected chi connectivity index (χ3v) is 31.1. The molecular weight excluding hydrogens is 2410 g/mol. The smallest absolute Gasteiger partial charge is 0.330 e. The van der Waals surface area contributed by atoms with E-state index in [9.17, 15) is 191 Å². The lowest BCUT2D eigenvalue weighted by molar-refractivity contribution is -0.344. The molecule has 6 aliphatic rings. The molecule has 12 rings (SSSR count). The number of aromatic amines is 6. The van der Waals surface area contributed by atoms with Gasteiger partial charge in [0.05, 0.1) is 82.3 Å². The molecule has 94 heteroatoms. The highest BCUT2D eigenvalue weighted by molar-refractivity contribution is 8.52. The van der Waals surface area contributed by atoms with Gasteiger partial charge in [-0.05, 0) is 0 Å². The van der Waals surface area contributed by atoms with Crippen LogP contribution in [-0.2, 0) is 184 Å². The van der Waals surface area contributed by atoms with Gasteiger partial charge in [-0.1, -0.05) is 30.3 Å². The van der Waals surface area contributed by atoms with Crippen molar-refractivity contribution >= 4 is 163 Å². The molecule has 0 spiro atoms. The third kappa shape index (κ3) is 44.9. The van der Waals surface area contributed by atoms with Gasteiger partial charge < -0.3 is 256 Å². The van der Waals surface area contributed by atoms with E-state index in [2.05, 4.69) is 62.2 Å². The number of ether oxygens (including phenoxy) is 6. The molecule has 76 nitrogen and oxygen atoms in total. The Balaban J connectivity index is 0.000000328. The molecule has 0 saturated carbocycles. The number of phosphoric ester groups is 1. The van der Waals surface area contributed by atoms with Crippen molar-refractivity contribution in [1.82, 2.24) is 57.3 Å². The highest BCUT2D eigenvalue weighted by Crippen LogP contribution is 2.69. The van der Waals surface area contributed by atoms with E-state index in [0.29, 0.717) is 0 Å². The van der Waals surface area contributed by atoms with Crippen LogP contribution in [0.4, 0.5) is 0 Å². The first-order valence-electron chi connectivity index (χ1n) is 37.8. The summed E-state index contributed by atoms with van der Waals surface area (Å²) >= 11 is 31.9. The molecule has 0 amide bonds. The zero-order valence-electron chi connectivity index (χ0n) is 71.2. The van der Waals surface area contributed by atoms with E-state index in [0.717, 1.165) is 101 Å². The summed E-state index contributed by atoms with van der Waals surface area (Å²) in [6.07, 6.45) is -28.0. The summed E-state index contributed by atoms with van der Waals surface area (Å²) in [6, 6.07) is 6.05. The van der Waals surface area contributed by atoms with E-state index < -0.39 is 333 Å². The maximum Gasteiger partial charge on any atom is 0.330 e. The number of hydrogen-bond acceptors (Lipinski definition) is 68. The Kier molecular flexibility index (Phi) is 50.4. The first kappa shape index (κ1) is 134. The van der Waals surface area contributed by atoms with Crippen LogP contribution in [0.2, 0.25) is 0 Å². The van der Waals surface area contributed by atoms with Crippen LogP contribution in [0.3, 0.4) is 0 Å². The molecule has 0 bridgehead atoms. The molecule has 0 aliphatic carbocycles. The zero-order valence-corrected chi connectivity index (χ0v) is 86.8. The summed E-state index contributed by atoms with van der Waals surface area (Å²) in [5, 5.41) is 128. The van der Waals surface area contributed by atoms with Crippen LogP contribution in [0.15, 0.2) is 131 Å². The van der Waals surface area contributed by atoms with Crippen molar-refractivity contribution in [3.05, 3.63) is 199 Å². The lowest BCUT2D eigenvalue weighted by Gasteiger charge is -2.40. The van der Waals surface area contributed by atoms with E-state index in [1.807, 2.05) is 29.9 Å². The van der Waals surface area contributed by atoms with Gasteiger partial charge in [0.25, 0.3) is 56.8 Å². The molecule has 30 atom stereocenters. The van der Waals surface area contributed by atoms with Gasteiger partial charge in [0.2, 0.25) is 0 Å². The van der Waals surface area contributed by atoms with Gasteiger partial charge in [-0.3, -0.25) is 113 Å². The molecule has 12 unspecified atom stereocenters. The van der Waals surface area contributed by atoms with Crippen molar-refractivity contribution in [2.24, 2.45) is 0 Å². The van der Waals surface area contributed by atoms with Crippen LogP contribution < -0.4 is 136 Å². The van der Waals surface area contributed by atoms with E-state index in [1.165, 1.54) is 0 Å². The molecule has 148 heavy (non-hydrogen) atoms. The number of nitrogens with zero attached hydrogens (tertiary/aromatic N) is 6. The molecular formula is C54H70N12O64P11S7-17. The van der Waals surface area contributed by atoms with Crippen LogP contribution in [0.5, 0.6) is 0 Å². The molecule has 6 aromatic rings. The van der Waals surface area contributed by atoms with Crippen molar-refractivity contribution < 1.29 is 250 Å². The predicted molar refractivity (Wildman–Crippen MR) is 464 cm³/mol. The summed E-state index contributed by atoms with van der Waals surface area (Å²) in [4.78, 5) is 311. The monoisotopic (exact) mass is 2470 g/mol. The molecule has 0 aromatic carbocycles.